The standard InChI is InChI=1S/C12H24O3Si/c1-12(2,3)16(4,5)15-9-11-10(13)7-6-8-14-11/h6-7,10-11,13H,8-9H2,1-5H3/t10-,11+/m0/s1. The van der Waals surface area contributed by atoms with Gasteiger partial charge in [0.05, 0.1) is 13.2 Å². The van der Waals surface area contributed by atoms with Crippen molar-refractivity contribution in [2.45, 2.75) is 51.1 Å². The van der Waals surface area contributed by atoms with Gasteiger partial charge in [-0.15, -0.1) is 0 Å². The van der Waals surface area contributed by atoms with Gasteiger partial charge in [0.25, 0.3) is 0 Å². The van der Waals surface area contributed by atoms with Crippen molar-refractivity contribution < 1.29 is 14.3 Å². The topological polar surface area (TPSA) is 38.7 Å². The molecule has 0 aromatic rings. The number of rotatable bonds is 3. The molecule has 0 fully saturated rings. The van der Waals surface area contributed by atoms with Crippen molar-refractivity contribution in [1.29, 1.82) is 0 Å². The van der Waals surface area contributed by atoms with Crippen LogP contribution in [0.2, 0.25) is 18.1 Å². The molecule has 0 saturated heterocycles. The van der Waals surface area contributed by atoms with Gasteiger partial charge in [0.2, 0.25) is 0 Å². The summed E-state index contributed by atoms with van der Waals surface area (Å²) in [6, 6.07) is 0. The maximum Gasteiger partial charge on any atom is 0.192 e. The minimum atomic E-state index is -1.73. The van der Waals surface area contributed by atoms with Crippen LogP contribution in [0.3, 0.4) is 0 Å². The highest BCUT2D eigenvalue weighted by Crippen LogP contribution is 2.36. The average Bonchev–Trinajstić information content (AvgIpc) is 2.15. The first-order valence-corrected chi connectivity index (χ1v) is 8.75. The Morgan fingerprint density at radius 3 is 2.56 bits per heavy atom. The molecule has 0 aromatic carbocycles. The molecule has 1 heterocycles. The second kappa shape index (κ2) is 5.00. The van der Waals surface area contributed by atoms with Gasteiger partial charge in [-0.2, -0.15) is 0 Å². The minimum absolute atomic E-state index is 0.197. The third-order valence-corrected chi connectivity index (χ3v) is 8.04. The highest BCUT2D eigenvalue weighted by molar-refractivity contribution is 6.74. The zero-order valence-corrected chi connectivity index (χ0v) is 12.0. The quantitative estimate of drug-likeness (QED) is 0.612. The molecule has 4 heteroatoms. The van der Waals surface area contributed by atoms with Crippen LogP contribution in [-0.2, 0) is 9.16 Å². The molecule has 0 bridgehead atoms. The lowest BCUT2D eigenvalue weighted by molar-refractivity contribution is -0.0412. The molecule has 1 rings (SSSR count). The summed E-state index contributed by atoms with van der Waals surface area (Å²) in [6.07, 6.45) is 2.88. The number of aliphatic hydroxyl groups is 1. The molecule has 1 aliphatic rings. The van der Waals surface area contributed by atoms with Gasteiger partial charge in [-0.3, -0.25) is 0 Å². The molecule has 94 valence electrons. The highest BCUT2D eigenvalue weighted by atomic mass is 28.4. The average molecular weight is 244 g/mol. The van der Waals surface area contributed by atoms with E-state index >= 15 is 0 Å². The molecule has 3 nitrogen and oxygen atoms in total. The van der Waals surface area contributed by atoms with Gasteiger partial charge in [0.15, 0.2) is 8.32 Å². The van der Waals surface area contributed by atoms with E-state index in [9.17, 15) is 5.11 Å². The van der Waals surface area contributed by atoms with Crippen LogP contribution < -0.4 is 0 Å². The predicted octanol–water partition coefficient (Wildman–Crippen LogP) is 2.32. The van der Waals surface area contributed by atoms with Crippen molar-refractivity contribution in [1.82, 2.24) is 0 Å². The van der Waals surface area contributed by atoms with Crippen LogP contribution in [0.15, 0.2) is 12.2 Å². The van der Waals surface area contributed by atoms with Crippen molar-refractivity contribution in [3.05, 3.63) is 12.2 Å². The summed E-state index contributed by atoms with van der Waals surface area (Å²) >= 11 is 0. The zero-order chi connectivity index (χ0) is 12.4. The van der Waals surface area contributed by atoms with Crippen molar-refractivity contribution in [2.24, 2.45) is 0 Å². The number of aliphatic hydroxyl groups excluding tert-OH is 1. The molecule has 1 aliphatic heterocycles. The van der Waals surface area contributed by atoms with Gasteiger partial charge in [-0.1, -0.05) is 32.9 Å². The first-order valence-electron chi connectivity index (χ1n) is 5.84. The minimum Gasteiger partial charge on any atom is -0.414 e. The Balaban J connectivity index is 2.48. The third-order valence-electron chi connectivity index (χ3n) is 3.54. The van der Waals surface area contributed by atoms with Gasteiger partial charge >= 0.3 is 0 Å². The normalized spacial score (nSPS) is 27.1. The molecule has 0 aliphatic carbocycles. The summed E-state index contributed by atoms with van der Waals surface area (Å²) in [5.41, 5.74) is 0. The SMILES string of the molecule is CC(C)(C)[Si](C)(C)OC[C@H]1OCC=C[C@@H]1O. The lowest BCUT2D eigenvalue weighted by atomic mass is 10.2. The summed E-state index contributed by atoms with van der Waals surface area (Å²) in [4.78, 5) is 0. The third kappa shape index (κ3) is 3.42. The van der Waals surface area contributed by atoms with Crippen LogP contribution in [-0.4, -0.2) is 38.8 Å². The molecule has 0 spiro atoms. The molecule has 0 amide bonds. The molecule has 0 unspecified atom stereocenters. The van der Waals surface area contributed by atoms with Crippen LogP contribution >= 0.6 is 0 Å². The molecule has 16 heavy (non-hydrogen) atoms. The smallest absolute Gasteiger partial charge is 0.192 e. The lowest BCUT2D eigenvalue weighted by Crippen LogP contribution is -2.45. The van der Waals surface area contributed by atoms with Gasteiger partial charge in [-0.25, -0.2) is 0 Å². The van der Waals surface area contributed by atoms with E-state index in [1.807, 2.05) is 6.08 Å². The van der Waals surface area contributed by atoms with Crippen LogP contribution in [0.1, 0.15) is 20.8 Å². The zero-order valence-electron chi connectivity index (χ0n) is 11.0. The Morgan fingerprint density at radius 2 is 2.06 bits per heavy atom. The summed E-state index contributed by atoms with van der Waals surface area (Å²) in [7, 11) is -1.73. The van der Waals surface area contributed by atoms with Gasteiger partial charge in [0.1, 0.15) is 12.2 Å². The van der Waals surface area contributed by atoms with E-state index in [1.165, 1.54) is 0 Å². The largest absolute Gasteiger partial charge is 0.414 e. The van der Waals surface area contributed by atoms with Crippen LogP contribution in [0, 0.1) is 0 Å². The maximum atomic E-state index is 9.69. The first-order chi connectivity index (χ1) is 7.24. The maximum absolute atomic E-state index is 9.69. The van der Waals surface area contributed by atoms with Gasteiger partial charge < -0.3 is 14.3 Å². The van der Waals surface area contributed by atoms with Crippen molar-refractivity contribution in [3.8, 4) is 0 Å². The molecule has 0 aromatic heterocycles. The summed E-state index contributed by atoms with van der Waals surface area (Å²) < 4.78 is 11.5. The lowest BCUT2D eigenvalue weighted by Gasteiger charge is -2.38. The van der Waals surface area contributed by atoms with E-state index in [4.69, 9.17) is 9.16 Å². The monoisotopic (exact) mass is 244 g/mol. The number of ether oxygens (including phenoxy) is 1. The summed E-state index contributed by atoms with van der Waals surface area (Å²) in [5, 5.41) is 9.89. The molecule has 1 N–H and O–H groups in total. The highest BCUT2D eigenvalue weighted by Gasteiger charge is 2.38. The Morgan fingerprint density at radius 1 is 1.44 bits per heavy atom. The van der Waals surface area contributed by atoms with Crippen molar-refractivity contribution >= 4 is 8.32 Å². The first kappa shape index (κ1) is 13.9. The second-order valence-corrected chi connectivity index (χ2v) is 10.7. The van der Waals surface area contributed by atoms with Crippen molar-refractivity contribution in [3.63, 3.8) is 0 Å². The Kier molecular flexibility index (Phi) is 4.34. The summed E-state index contributed by atoms with van der Waals surface area (Å²) in [6.45, 7) is 12.1. The summed E-state index contributed by atoms with van der Waals surface area (Å²) in [5.74, 6) is 0. The fourth-order valence-electron chi connectivity index (χ4n) is 1.25. The Bertz CT molecular complexity index is 255. The number of hydrogen-bond acceptors (Lipinski definition) is 3. The van der Waals surface area contributed by atoms with Crippen molar-refractivity contribution in [2.75, 3.05) is 13.2 Å². The number of hydrogen-bond donors (Lipinski definition) is 1. The van der Waals surface area contributed by atoms with Crippen LogP contribution in [0.5, 0.6) is 0 Å². The van der Waals surface area contributed by atoms with E-state index in [0.717, 1.165) is 0 Å². The Hall–Kier alpha value is -0.163. The van der Waals surface area contributed by atoms with Crippen LogP contribution in [0.4, 0.5) is 0 Å². The van der Waals surface area contributed by atoms with E-state index in [1.54, 1.807) is 6.08 Å². The van der Waals surface area contributed by atoms with E-state index < -0.39 is 14.4 Å². The van der Waals surface area contributed by atoms with Gasteiger partial charge in [0, 0.05) is 0 Å². The van der Waals surface area contributed by atoms with Crippen LogP contribution in [0.25, 0.3) is 0 Å². The molecule has 0 radical (unpaired) electrons. The molecule has 0 saturated carbocycles. The Labute approximate surface area is 99.6 Å². The van der Waals surface area contributed by atoms with E-state index in [-0.39, 0.29) is 11.1 Å². The molecular formula is C12H24O3Si. The van der Waals surface area contributed by atoms with Gasteiger partial charge in [-0.05, 0) is 18.1 Å². The predicted molar refractivity (Wildman–Crippen MR) is 68.0 cm³/mol. The molecular weight excluding hydrogens is 220 g/mol. The fraction of sp³-hybridized carbons (Fsp3) is 0.833. The second-order valence-electron chi connectivity index (χ2n) is 5.86. The van der Waals surface area contributed by atoms with E-state index in [2.05, 4.69) is 33.9 Å². The fourth-order valence-corrected chi connectivity index (χ4v) is 2.26. The molecule has 2 atom stereocenters. The van der Waals surface area contributed by atoms with E-state index in [0.29, 0.717) is 13.2 Å².